The van der Waals surface area contributed by atoms with Gasteiger partial charge in [-0.2, -0.15) is 4.31 Å². The third-order valence-electron chi connectivity index (χ3n) is 1.47. The van der Waals surface area contributed by atoms with Crippen LogP contribution < -0.4 is 5.32 Å². The molecule has 0 aromatic carbocycles. The Morgan fingerprint density at radius 3 is 2.55 bits per heavy atom. The van der Waals surface area contributed by atoms with E-state index in [4.69, 9.17) is 0 Å². The topological polar surface area (TPSA) is 66.5 Å². The average molecular weight is 178 g/mol. The average Bonchev–Trinajstić information content (AvgIpc) is 1.86. The zero-order chi connectivity index (χ0) is 8.48. The number of rotatable bonds is 1. The Morgan fingerprint density at radius 2 is 2.18 bits per heavy atom. The van der Waals surface area contributed by atoms with Gasteiger partial charge in [-0.05, 0) is 0 Å². The van der Waals surface area contributed by atoms with Gasteiger partial charge < -0.3 is 5.32 Å². The molecule has 0 spiro atoms. The summed E-state index contributed by atoms with van der Waals surface area (Å²) in [5, 5.41) is 2.54. The molecule has 6 heteroatoms. The first-order valence-corrected chi connectivity index (χ1v) is 5.07. The first-order valence-electron chi connectivity index (χ1n) is 3.22. The summed E-state index contributed by atoms with van der Waals surface area (Å²) in [5.41, 5.74) is 0. The van der Waals surface area contributed by atoms with Gasteiger partial charge in [0.1, 0.15) is 0 Å². The summed E-state index contributed by atoms with van der Waals surface area (Å²) in [7, 11) is -3.19. The molecule has 1 heterocycles. The van der Waals surface area contributed by atoms with Gasteiger partial charge in [0.15, 0.2) is 0 Å². The molecule has 1 N–H and O–H groups in total. The standard InChI is InChI=1S/C5H10N2O3S/c1-11(9,10)7-3-2-6-5(8)4-7/h2-4H2,1H3,(H,6,8). The molecule has 0 saturated carbocycles. The van der Waals surface area contributed by atoms with E-state index in [9.17, 15) is 13.2 Å². The summed E-state index contributed by atoms with van der Waals surface area (Å²) in [6, 6.07) is 0. The summed E-state index contributed by atoms with van der Waals surface area (Å²) in [6.07, 6.45) is 1.10. The molecule has 0 bridgehead atoms. The minimum absolute atomic E-state index is 0.0428. The number of nitrogens with zero attached hydrogens (tertiary/aromatic N) is 1. The smallest absolute Gasteiger partial charge is 0.235 e. The van der Waals surface area contributed by atoms with E-state index in [1.54, 1.807) is 0 Å². The van der Waals surface area contributed by atoms with Gasteiger partial charge in [-0.3, -0.25) is 4.79 Å². The van der Waals surface area contributed by atoms with Crippen LogP contribution in [0.5, 0.6) is 0 Å². The number of nitrogens with one attached hydrogen (secondary N) is 1. The lowest BCUT2D eigenvalue weighted by Crippen LogP contribution is -2.49. The van der Waals surface area contributed by atoms with E-state index in [-0.39, 0.29) is 12.5 Å². The summed E-state index contributed by atoms with van der Waals surface area (Å²) < 4.78 is 22.9. The first kappa shape index (κ1) is 8.48. The Bertz CT molecular complexity index is 259. The molecule has 1 rings (SSSR count). The molecular formula is C5H10N2O3S. The van der Waals surface area contributed by atoms with Gasteiger partial charge in [0.05, 0.1) is 12.8 Å². The fourth-order valence-electron chi connectivity index (χ4n) is 0.898. The molecule has 1 aliphatic heterocycles. The molecule has 0 aromatic heterocycles. The van der Waals surface area contributed by atoms with Gasteiger partial charge in [-0.1, -0.05) is 0 Å². The molecule has 1 saturated heterocycles. The number of piperazine rings is 1. The highest BCUT2D eigenvalue weighted by atomic mass is 32.2. The number of carbonyl (C=O) groups is 1. The van der Waals surface area contributed by atoms with Gasteiger partial charge in [-0.15, -0.1) is 0 Å². The third-order valence-corrected chi connectivity index (χ3v) is 2.72. The highest BCUT2D eigenvalue weighted by molar-refractivity contribution is 7.88. The first-order chi connectivity index (χ1) is 5.00. The summed E-state index contributed by atoms with van der Waals surface area (Å²) >= 11 is 0. The van der Waals surface area contributed by atoms with Crippen LogP contribution in [0.2, 0.25) is 0 Å². The van der Waals surface area contributed by atoms with Gasteiger partial charge in [0.25, 0.3) is 0 Å². The van der Waals surface area contributed by atoms with Crippen LogP contribution in [0, 0.1) is 0 Å². The van der Waals surface area contributed by atoms with E-state index >= 15 is 0 Å². The Kier molecular flexibility index (Phi) is 2.15. The summed E-state index contributed by atoms with van der Waals surface area (Å²) in [6.45, 7) is 0.745. The van der Waals surface area contributed by atoms with E-state index in [0.29, 0.717) is 13.1 Å². The van der Waals surface area contributed by atoms with Crippen LogP contribution in [-0.2, 0) is 14.8 Å². The lowest BCUT2D eigenvalue weighted by molar-refractivity contribution is -0.122. The molecule has 0 atom stereocenters. The maximum Gasteiger partial charge on any atom is 0.235 e. The zero-order valence-corrected chi connectivity index (χ0v) is 7.02. The monoisotopic (exact) mass is 178 g/mol. The second kappa shape index (κ2) is 2.78. The highest BCUT2D eigenvalue weighted by Gasteiger charge is 2.23. The van der Waals surface area contributed by atoms with E-state index in [0.717, 1.165) is 10.6 Å². The Hall–Kier alpha value is -0.620. The number of hydrogen-bond acceptors (Lipinski definition) is 3. The van der Waals surface area contributed by atoms with Crippen LogP contribution in [-0.4, -0.2) is 44.5 Å². The molecular weight excluding hydrogens is 168 g/mol. The van der Waals surface area contributed by atoms with Crippen LogP contribution in [0.3, 0.4) is 0 Å². The zero-order valence-electron chi connectivity index (χ0n) is 6.20. The Labute approximate surface area is 65.4 Å². The van der Waals surface area contributed by atoms with Crippen molar-refractivity contribution in [3.63, 3.8) is 0 Å². The van der Waals surface area contributed by atoms with E-state index in [1.165, 1.54) is 0 Å². The van der Waals surface area contributed by atoms with Gasteiger partial charge in [-0.25, -0.2) is 8.42 Å². The normalized spacial score (nSPS) is 21.4. The number of sulfonamides is 1. The van der Waals surface area contributed by atoms with Crippen molar-refractivity contribution < 1.29 is 13.2 Å². The number of carbonyl (C=O) groups excluding carboxylic acids is 1. The maximum atomic E-state index is 10.9. The van der Waals surface area contributed by atoms with Crippen molar-refractivity contribution in [2.45, 2.75) is 0 Å². The maximum absolute atomic E-state index is 10.9. The second-order valence-corrected chi connectivity index (χ2v) is 4.43. The predicted molar refractivity (Wildman–Crippen MR) is 39.4 cm³/mol. The van der Waals surface area contributed by atoms with Crippen LogP contribution in [0.4, 0.5) is 0 Å². The fraction of sp³-hybridized carbons (Fsp3) is 0.800. The Morgan fingerprint density at radius 1 is 1.55 bits per heavy atom. The third kappa shape index (κ3) is 2.16. The lowest BCUT2D eigenvalue weighted by atomic mass is 10.4. The second-order valence-electron chi connectivity index (χ2n) is 2.45. The molecule has 1 aliphatic rings. The molecule has 0 radical (unpaired) electrons. The number of amides is 1. The summed E-state index contributed by atoms with van der Waals surface area (Å²) in [5.74, 6) is -0.235. The fourth-order valence-corrected chi connectivity index (χ4v) is 1.67. The molecule has 1 amide bonds. The molecule has 5 nitrogen and oxygen atoms in total. The van der Waals surface area contributed by atoms with Crippen molar-refractivity contribution in [3.8, 4) is 0 Å². The van der Waals surface area contributed by atoms with Crippen LogP contribution in [0.1, 0.15) is 0 Å². The van der Waals surface area contributed by atoms with Crippen molar-refractivity contribution in [1.82, 2.24) is 9.62 Å². The van der Waals surface area contributed by atoms with E-state index in [2.05, 4.69) is 5.32 Å². The summed E-state index contributed by atoms with van der Waals surface area (Å²) in [4.78, 5) is 10.7. The van der Waals surface area contributed by atoms with Gasteiger partial charge >= 0.3 is 0 Å². The minimum atomic E-state index is -3.19. The van der Waals surface area contributed by atoms with Crippen molar-refractivity contribution in [3.05, 3.63) is 0 Å². The van der Waals surface area contributed by atoms with Crippen molar-refractivity contribution in [2.24, 2.45) is 0 Å². The molecule has 0 aromatic rings. The van der Waals surface area contributed by atoms with Crippen molar-refractivity contribution in [1.29, 1.82) is 0 Å². The van der Waals surface area contributed by atoms with E-state index < -0.39 is 10.0 Å². The molecule has 0 aliphatic carbocycles. The van der Waals surface area contributed by atoms with Crippen LogP contribution in [0.25, 0.3) is 0 Å². The molecule has 0 unspecified atom stereocenters. The van der Waals surface area contributed by atoms with Crippen LogP contribution >= 0.6 is 0 Å². The van der Waals surface area contributed by atoms with Gasteiger partial charge in [0.2, 0.25) is 15.9 Å². The lowest BCUT2D eigenvalue weighted by Gasteiger charge is -2.23. The largest absolute Gasteiger partial charge is 0.354 e. The van der Waals surface area contributed by atoms with E-state index in [1.807, 2.05) is 0 Å². The van der Waals surface area contributed by atoms with Crippen LogP contribution in [0.15, 0.2) is 0 Å². The minimum Gasteiger partial charge on any atom is -0.354 e. The quantitative estimate of drug-likeness (QED) is 0.524. The molecule has 64 valence electrons. The SMILES string of the molecule is CS(=O)(=O)N1CCNC(=O)C1. The highest BCUT2D eigenvalue weighted by Crippen LogP contribution is 1.99. The van der Waals surface area contributed by atoms with Crippen molar-refractivity contribution in [2.75, 3.05) is 25.9 Å². The Balaban J connectivity index is 2.68. The molecule has 1 fully saturated rings. The van der Waals surface area contributed by atoms with Gasteiger partial charge in [0, 0.05) is 13.1 Å². The van der Waals surface area contributed by atoms with Crippen molar-refractivity contribution >= 4 is 15.9 Å². The number of hydrogen-bond donors (Lipinski definition) is 1. The predicted octanol–water partition coefficient (Wildman–Crippen LogP) is -1.62. The molecule has 11 heavy (non-hydrogen) atoms.